The molecule has 0 aliphatic heterocycles. The summed E-state index contributed by atoms with van der Waals surface area (Å²) < 4.78 is 48.4. The molecular weight excluding hydrogens is 477 g/mol. The van der Waals surface area contributed by atoms with Crippen LogP contribution in [0.5, 0.6) is 0 Å². The van der Waals surface area contributed by atoms with Crippen LogP contribution in [-0.2, 0) is 10.9 Å². The van der Waals surface area contributed by atoms with Gasteiger partial charge in [-0.25, -0.2) is 9.78 Å². The maximum absolute atomic E-state index is 13.5. The van der Waals surface area contributed by atoms with E-state index in [1.165, 1.54) is 27.3 Å². The van der Waals surface area contributed by atoms with Crippen LogP contribution >= 0.6 is 0 Å². The molecule has 0 aliphatic rings. The number of alkyl halides is 3. The Morgan fingerprint density at radius 3 is 2.44 bits per heavy atom. The minimum Gasteiger partial charge on any atom is -0.462 e. The Morgan fingerprint density at radius 2 is 1.78 bits per heavy atom. The molecule has 0 aliphatic carbocycles. The number of pyridine rings is 2. The van der Waals surface area contributed by atoms with E-state index in [0.717, 1.165) is 18.2 Å². The van der Waals surface area contributed by atoms with E-state index in [-0.39, 0.29) is 28.7 Å². The highest BCUT2D eigenvalue weighted by Crippen LogP contribution is 2.32. The van der Waals surface area contributed by atoms with Crippen molar-refractivity contribution in [1.29, 1.82) is 0 Å². The summed E-state index contributed by atoms with van der Waals surface area (Å²) in [6.45, 7) is 4.96. The summed E-state index contributed by atoms with van der Waals surface area (Å²) in [4.78, 5) is 47.7. The smallest absolute Gasteiger partial charge is 0.417 e. The van der Waals surface area contributed by atoms with E-state index in [1.54, 1.807) is 39.0 Å². The van der Waals surface area contributed by atoms with Crippen LogP contribution in [0.4, 0.5) is 13.2 Å². The predicted octanol–water partition coefficient (Wildman–Crippen LogP) is 4.17. The Kier molecular flexibility index (Phi) is 6.49. The standard InChI is InChI=1S/C25H21F3N4O4/c1-4-36-24(35)17-13-16-20(29-19-11-7-8-12-31(19)23(16)34)32(14(2)3)21(17)30-22(33)15-9-5-6-10-18(15)25(26,27)28/h5-14H,4H2,1-3H3. The molecule has 0 saturated carbocycles. The highest BCUT2D eigenvalue weighted by Gasteiger charge is 2.35. The minimum atomic E-state index is -4.79. The number of carbonyl (C=O) groups excluding carboxylic acids is 2. The fourth-order valence-electron chi connectivity index (χ4n) is 3.88. The summed E-state index contributed by atoms with van der Waals surface area (Å²) in [6, 6.07) is 9.89. The fourth-order valence-corrected chi connectivity index (χ4v) is 3.88. The number of esters is 1. The van der Waals surface area contributed by atoms with Gasteiger partial charge in [0.25, 0.3) is 11.5 Å². The lowest BCUT2D eigenvalue weighted by Crippen LogP contribution is -2.33. The lowest BCUT2D eigenvalue weighted by atomic mass is 10.1. The van der Waals surface area contributed by atoms with Crippen molar-refractivity contribution in [2.24, 2.45) is 4.99 Å². The Bertz CT molecular complexity index is 1630. The lowest BCUT2D eigenvalue weighted by molar-refractivity contribution is -0.137. The third kappa shape index (κ3) is 4.39. The number of halogens is 3. The first kappa shape index (κ1) is 24.8. The number of hydrogen-bond acceptors (Lipinski definition) is 5. The SMILES string of the molecule is CCOC(=O)c1cc2c(=O)n3ccccc3nc2n(C(C)C)c1=NC(=O)c1ccccc1C(F)(F)F. The molecular formula is C25H21F3N4O4. The van der Waals surface area contributed by atoms with Crippen molar-refractivity contribution < 1.29 is 27.5 Å². The highest BCUT2D eigenvalue weighted by molar-refractivity contribution is 5.98. The molecule has 1 amide bonds. The molecule has 0 radical (unpaired) electrons. The first-order valence-corrected chi connectivity index (χ1v) is 11.0. The molecule has 186 valence electrons. The third-order valence-electron chi connectivity index (χ3n) is 5.42. The number of hydrogen-bond donors (Lipinski definition) is 0. The zero-order valence-corrected chi connectivity index (χ0v) is 19.5. The zero-order valence-electron chi connectivity index (χ0n) is 19.5. The van der Waals surface area contributed by atoms with Crippen LogP contribution in [0.15, 0.2) is 64.5 Å². The summed E-state index contributed by atoms with van der Waals surface area (Å²) in [6.07, 6.45) is -3.28. The van der Waals surface area contributed by atoms with Crippen LogP contribution in [0.3, 0.4) is 0 Å². The van der Waals surface area contributed by atoms with E-state index in [9.17, 15) is 27.6 Å². The lowest BCUT2D eigenvalue weighted by Gasteiger charge is -2.18. The first-order chi connectivity index (χ1) is 17.0. The quantitative estimate of drug-likeness (QED) is 0.311. The molecule has 36 heavy (non-hydrogen) atoms. The van der Waals surface area contributed by atoms with E-state index in [4.69, 9.17) is 4.74 Å². The highest BCUT2D eigenvalue weighted by atomic mass is 19.4. The Hall–Kier alpha value is -4.28. The summed E-state index contributed by atoms with van der Waals surface area (Å²) in [5.74, 6) is -2.10. The van der Waals surface area contributed by atoms with E-state index >= 15 is 0 Å². The Labute approximate surface area is 202 Å². The van der Waals surface area contributed by atoms with Gasteiger partial charge in [0.15, 0.2) is 5.49 Å². The van der Waals surface area contributed by atoms with E-state index in [1.807, 2.05) is 0 Å². The molecule has 0 spiro atoms. The Balaban J connectivity index is 2.14. The van der Waals surface area contributed by atoms with Gasteiger partial charge < -0.3 is 9.30 Å². The molecule has 0 N–H and O–H groups in total. The fraction of sp³-hybridized carbons (Fsp3) is 0.240. The predicted molar refractivity (Wildman–Crippen MR) is 125 cm³/mol. The number of fused-ring (bicyclic) bond motifs is 2. The van der Waals surface area contributed by atoms with Crippen LogP contribution in [0.25, 0.3) is 16.7 Å². The Morgan fingerprint density at radius 1 is 1.08 bits per heavy atom. The van der Waals surface area contributed by atoms with Crippen molar-refractivity contribution in [1.82, 2.24) is 14.0 Å². The number of ether oxygens (including phenoxy) is 1. The second kappa shape index (κ2) is 9.40. The second-order valence-corrected chi connectivity index (χ2v) is 8.11. The number of rotatable bonds is 4. The average molecular weight is 498 g/mol. The van der Waals surface area contributed by atoms with Crippen LogP contribution in [-0.4, -0.2) is 32.4 Å². The van der Waals surface area contributed by atoms with Gasteiger partial charge in [-0.1, -0.05) is 18.2 Å². The zero-order chi connectivity index (χ0) is 26.2. The third-order valence-corrected chi connectivity index (χ3v) is 5.42. The van der Waals surface area contributed by atoms with Gasteiger partial charge in [-0.3, -0.25) is 14.0 Å². The number of benzene rings is 1. The number of carbonyl (C=O) groups is 2. The largest absolute Gasteiger partial charge is 0.462 e. The normalized spacial score (nSPS) is 12.5. The average Bonchev–Trinajstić information content (AvgIpc) is 2.83. The van der Waals surface area contributed by atoms with Crippen LogP contribution < -0.4 is 11.0 Å². The van der Waals surface area contributed by atoms with Crippen molar-refractivity contribution in [3.05, 3.63) is 87.3 Å². The van der Waals surface area contributed by atoms with Gasteiger partial charge >= 0.3 is 12.1 Å². The van der Waals surface area contributed by atoms with E-state index in [0.29, 0.717) is 5.65 Å². The van der Waals surface area contributed by atoms with Gasteiger partial charge in [-0.2, -0.15) is 18.2 Å². The molecule has 0 unspecified atom stereocenters. The molecule has 1 aromatic carbocycles. The minimum absolute atomic E-state index is 0.0161. The maximum Gasteiger partial charge on any atom is 0.417 e. The summed E-state index contributed by atoms with van der Waals surface area (Å²) in [5.41, 5.74) is -2.40. The number of nitrogens with zero attached hydrogens (tertiary/aromatic N) is 4. The molecule has 3 heterocycles. The molecule has 0 fully saturated rings. The van der Waals surface area contributed by atoms with E-state index < -0.39 is 40.8 Å². The summed E-state index contributed by atoms with van der Waals surface area (Å²) in [7, 11) is 0. The number of amides is 1. The first-order valence-electron chi connectivity index (χ1n) is 11.0. The second-order valence-electron chi connectivity index (χ2n) is 8.11. The van der Waals surface area contributed by atoms with E-state index in [2.05, 4.69) is 9.98 Å². The summed E-state index contributed by atoms with van der Waals surface area (Å²) >= 11 is 0. The number of aromatic nitrogens is 3. The summed E-state index contributed by atoms with van der Waals surface area (Å²) in [5, 5.41) is 0.0533. The molecule has 4 aromatic rings. The van der Waals surface area contributed by atoms with Crippen LogP contribution in [0.2, 0.25) is 0 Å². The molecule has 11 heteroatoms. The van der Waals surface area contributed by atoms with Crippen molar-refractivity contribution >= 4 is 28.6 Å². The van der Waals surface area contributed by atoms with Gasteiger partial charge in [-0.05, 0) is 51.1 Å². The van der Waals surface area contributed by atoms with Crippen molar-refractivity contribution in [2.75, 3.05) is 6.61 Å². The van der Waals surface area contributed by atoms with Crippen molar-refractivity contribution in [3.63, 3.8) is 0 Å². The maximum atomic E-state index is 13.5. The van der Waals surface area contributed by atoms with Gasteiger partial charge in [0, 0.05) is 12.2 Å². The molecule has 8 nitrogen and oxygen atoms in total. The van der Waals surface area contributed by atoms with Crippen molar-refractivity contribution in [3.8, 4) is 0 Å². The molecule has 0 saturated heterocycles. The molecule has 3 aromatic heterocycles. The topological polar surface area (TPSA) is 95.0 Å². The molecule has 0 atom stereocenters. The van der Waals surface area contributed by atoms with Crippen LogP contribution in [0.1, 0.15) is 53.1 Å². The molecule has 0 bridgehead atoms. The molecule has 4 rings (SSSR count). The van der Waals surface area contributed by atoms with Gasteiger partial charge in [0.2, 0.25) is 0 Å². The van der Waals surface area contributed by atoms with Crippen LogP contribution in [0, 0.1) is 0 Å². The monoisotopic (exact) mass is 498 g/mol. The van der Waals surface area contributed by atoms with Gasteiger partial charge in [0.05, 0.1) is 23.1 Å². The van der Waals surface area contributed by atoms with Gasteiger partial charge in [-0.15, -0.1) is 0 Å². The van der Waals surface area contributed by atoms with Gasteiger partial charge in [0.1, 0.15) is 16.9 Å². The van der Waals surface area contributed by atoms with Crippen molar-refractivity contribution in [2.45, 2.75) is 33.0 Å².